The number of morpholine rings is 1. The Hall–Kier alpha value is -3.10. The number of benzene rings is 1. The Morgan fingerprint density at radius 2 is 1.82 bits per heavy atom. The summed E-state index contributed by atoms with van der Waals surface area (Å²) in [5.74, 6) is -0.176. The lowest BCUT2D eigenvalue weighted by Crippen LogP contribution is -2.36. The average molecular weight is 379 g/mol. The quantitative estimate of drug-likeness (QED) is 0.707. The van der Waals surface area contributed by atoms with Crippen LogP contribution >= 0.6 is 0 Å². The fourth-order valence-corrected chi connectivity index (χ4v) is 3.14. The Kier molecular flexibility index (Phi) is 5.41. The van der Waals surface area contributed by atoms with E-state index in [0.717, 1.165) is 24.2 Å². The number of hydrogen-bond acceptors (Lipinski definition) is 6. The van der Waals surface area contributed by atoms with Gasteiger partial charge in [0.25, 0.3) is 11.5 Å². The molecular weight excluding hydrogens is 358 g/mol. The molecule has 1 aliphatic heterocycles. The van der Waals surface area contributed by atoms with Crippen LogP contribution in [0.1, 0.15) is 21.5 Å². The first kappa shape index (κ1) is 18.3. The van der Waals surface area contributed by atoms with Crippen LogP contribution in [0.4, 0.5) is 0 Å². The summed E-state index contributed by atoms with van der Waals surface area (Å²) in [4.78, 5) is 36.0. The van der Waals surface area contributed by atoms with E-state index in [2.05, 4.69) is 20.2 Å². The lowest BCUT2D eigenvalue weighted by molar-refractivity contribution is 0.0341. The van der Waals surface area contributed by atoms with E-state index in [0.29, 0.717) is 26.3 Å². The van der Waals surface area contributed by atoms with Crippen molar-refractivity contribution < 1.29 is 9.53 Å². The predicted molar refractivity (Wildman–Crippen MR) is 103 cm³/mol. The third kappa shape index (κ3) is 4.08. The zero-order chi connectivity index (χ0) is 19.3. The summed E-state index contributed by atoms with van der Waals surface area (Å²) in [5.41, 5.74) is 1.42. The van der Waals surface area contributed by atoms with E-state index in [-0.39, 0.29) is 11.3 Å². The van der Waals surface area contributed by atoms with Crippen LogP contribution in [0.5, 0.6) is 0 Å². The molecule has 8 heteroatoms. The molecule has 28 heavy (non-hydrogen) atoms. The summed E-state index contributed by atoms with van der Waals surface area (Å²) in [7, 11) is 0. The van der Waals surface area contributed by atoms with Crippen LogP contribution in [0.3, 0.4) is 0 Å². The minimum absolute atomic E-state index is 0.00115. The standard InChI is InChI=1S/C20H21N5O3/c26-18(21-10-15-4-2-1-3-5-15)17-12-23-20-22-11-16(14-25(20)19(17)27)13-24-6-8-28-9-7-24/h1-5,11-12,14H,6-10,13H2,(H,21,26). The summed E-state index contributed by atoms with van der Waals surface area (Å²) in [5, 5.41) is 2.77. The van der Waals surface area contributed by atoms with Crippen LogP contribution in [0, 0.1) is 0 Å². The zero-order valence-electron chi connectivity index (χ0n) is 15.4. The molecule has 0 spiro atoms. The molecule has 8 nitrogen and oxygen atoms in total. The van der Waals surface area contributed by atoms with E-state index < -0.39 is 11.5 Å². The molecule has 0 aliphatic carbocycles. The highest BCUT2D eigenvalue weighted by molar-refractivity contribution is 5.93. The highest BCUT2D eigenvalue weighted by atomic mass is 16.5. The van der Waals surface area contributed by atoms with Crippen molar-refractivity contribution >= 4 is 11.7 Å². The van der Waals surface area contributed by atoms with E-state index >= 15 is 0 Å². The topological polar surface area (TPSA) is 88.8 Å². The number of fused-ring (bicyclic) bond motifs is 1. The van der Waals surface area contributed by atoms with Gasteiger partial charge in [0, 0.05) is 50.3 Å². The van der Waals surface area contributed by atoms with Gasteiger partial charge >= 0.3 is 0 Å². The van der Waals surface area contributed by atoms with Crippen LogP contribution < -0.4 is 10.9 Å². The minimum Gasteiger partial charge on any atom is -0.379 e. The Morgan fingerprint density at radius 1 is 1.07 bits per heavy atom. The van der Waals surface area contributed by atoms with Crippen molar-refractivity contribution in [2.75, 3.05) is 26.3 Å². The van der Waals surface area contributed by atoms with Gasteiger partial charge in [0.15, 0.2) is 0 Å². The van der Waals surface area contributed by atoms with Gasteiger partial charge in [-0.25, -0.2) is 9.97 Å². The first-order valence-electron chi connectivity index (χ1n) is 9.19. The zero-order valence-corrected chi connectivity index (χ0v) is 15.4. The molecule has 4 rings (SSSR count). The number of rotatable bonds is 5. The molecule has 3 heterocycles. The molecule has 0 radical (unpaired) electrons. The number of amides is 1. The number of nitrogens with zero attached hydrogens (tertiary/aromatic N) is 4. The lowest BCUT2D eigenvalue weighted by atomic mass is 10.2. The molecule has 1 saturated heterocycles. The van der Waals surface area contributed by atoms with E-state index in [4.69, 9.17) is 4.74 Å². The van der Waals surface area contributed by atoms with Crippen molar-refractivity contribution in [1.29, 1.82) is 0 Å². The summed E-state index contributed by atoms with van der Waals surface area (Å²) in [6.07, 6.45) is 4.71. The third-order valence-electron chi connectivity index (χ3n) is 4.66. The van der Waals surface area contributed by atoms with Crippen molar-refractivity contribution in [1.82, 2.24) is 24.6 Å². The number of nitrogens with one attached hydrogen (secondary N) is 1. The largest absolute Gasteiger partial charge is 0.379 e. The molecule has 1 N–H and O–H groups in total. The molecule has 1 amide bonds. The van der Waals surface area contributed by atoms with Gasteiger partial charge in [-0.05, 0) is 5.56 Å². The molecule has 1 aromatic carbocycles. The van der Waals surface area contributed by atoms with Gasteiger partial charge in [-0.1, -0.05) is 30.3 Å². The lowest BCUT2D eigenvalue weighted by Gasteiger charge is -2.26. The van der Waals surface area contributed by atoms with E-state index in [1.54, 1.807) is 12.4 Å². The van der Waals surface area contributed by atoms with Crippen molar-refractivity contribution in [3.8, 4) is 0 Å². The number of carbonyl (C=O) groups excluding carboxylic acids is 1. The summed E-state index contributed by atoms with van der Waals surface area (Å²) in [6, 6.07) is 9.53. The molecule has 1 aliphatic rings. The van der Waals surface area contributed by atoms with E-state index in [1.807, 2.05) is 30.3 Å². The normalized spacial score (nSPS) is 14.9. The van der Waals surface area contributed by atoms with Crippen molar-refractivity contribution in [2.24, 2.45) is 0 Å². The number of ether oxygens (including phenoxy) is 1. The third-order valence-corrected chi connectivity index (χ3v) is 4.66. The van der Waals surface area contributed by atoms with Gasteiger partial charge in [0.05, 0.1) is 13.2 Å². The molecular formula is C20H21N5O3. The second-order valence-corrected chi connectivity index (χ2v) is 6.67. The Bertz CT molecular complexity index is 1030. The maximum absolute atomic E-state index is 12.8. The fraction of sp³-hybridized carbons (Fsp3) is 0.300. The summed E-state index contributed by atoms with van der Waals surface area (Å²) >= 11 is 0. The van der Waals surface area contributed by atoms with Crippen molar-refractivity contribution in [2.45, 2.75) is 13.1 Å². The Morgan fingerprint density at radius 3 is 2.61 bits per heavy atom. The minimum atomic E-state index is -0.450. The molecule has 3 aromatic rings. The van der Waals surface area contributed by atoms with Crippen LogP contribution in [0.2, 0.25) is 0 Å². The maximum Gasteiger partial charge on any atom is 0.271 e. The second-order valence-electron chi connectivity index (χ2n) is 6.67. The molecule has 144 valence electrons. The first-order chi connectivity index (χ1) is 13.7. The van der Waals surface area contributed by atoms with E-state index in [9.17, 15) is 9.59 Å². The first-order valence-corrected chi connectivity index (χ1v) is 9.19. The monoisotopic (exact) mass is 379 g/mol. The summed E-state index contributed by atoms with van der Waals surface area (Å²) < 4.78 is 6.70. The Balaban J connectivity index is 1.54. The predicted octanol–water partition coefficient (Wildman–Crippen LogP) is 0.852. The average Bonchev–Trinajstić information content (AvgIpc) is 2.74. The Labute approximate surface area is 161 Å². The molecule has 2 aromatic heterocycles. The van der Waals surface area contributed by atoms with E-state index in [1.165, 1.54) is 10.6 Å². The second kappa shape index (κ2) is 8.28. The molecule has 0 bridgehead atoms. The van der Waals surface area contributed by atoms with Gasteiger partial charge in [0.1, 0.15) is 5.56 Å². The molecule has 1 fully saturated rings. The van der Waals surface area contributed by atoms with Crippen LogP contribution in [-0.4, -0.2) is 51.5 Å². The van der Waals surface area contributed by atoms with Crippen LogP contribution in [-0.2, 0) is 17.8 Å². The number of aromatic nitrogens is 3. The highest BCUT2D eigenvalue weighted by Crippen LogP contribution is 2.07. The highest BCUT2D eigenvalue weighted by Gasteiger charge is 2.15. The van der Waals surface area contributed by atoms with Crippen LogP contribution in [0.25, 0.3) is 5.78 Å². The molecule has 0 saturated carbocycles. The smallest absolute Gasteiger partial charge is 0.271 e. The number of carbonyl (C=O) groups is 1. The van der Waals surface area contributed by atoms with Gasteiger partial charge in [-0.15, -0.1) is 0 Å². The molecule has 0 atom stereocenters. The summed E-state index contributed by atoms with van der Waals surface area (Å²) in [6.45, 7) is 4.10. The fourth-order valence-electron chi connectivity index (χ4n) is 3.14. The van der Waals surface area contributed by atoms with Crippen molar-refractivity contribution in [3.05, 3.63) is 76.0 Å². The SMILES string of the molecule is O=C(NCc1ccccc1)c1cnc2ncc(CN3CCOCC3)cn2c1=O. The van der Waals surface area contributed by atoms with Crippen LogP contribution in [0.15, 0.2) is 53.7 Å². The maximum atomic E-state index is 12.8. The van der Waals surface area contributed by atoms with Gasteiger partial charge < -0.3 is 10.1 Å². The van der Waals surface area contributed by atoms with Crippen molar-refractivity contribution in [3.63, 3.8) is 0 Å². The van der Waals surface area contributed by atoms with Gasteiger partial charge in [-0.3, -0.25) is 18.9 Å². The number of hydrogen-bond donors (Lipinski definition) is 1. The van der Waals surface area contributed by atoms with Gasteiger partial charge in [-0.2, -0.15) is 0 Å². The molecule has 0 unspecified atom stereocenters. The van der Waals surface area contributed by atoms with Gasteiger partial charge in [0.2, 0.25) is 5.78 Å².